The first kappa shape index (κ1) is 8.35. The van der Waals surface area contributed by atoms with Gasteiger partial charge in [-0.15, -0.1) is 0 Å². The van der Waals surface area contributed by atoms with Crippen LogP contribution in [0.4, 0.5) is 5.69 Å². The van der Waals surface area contributed by atoms with E-state index in [-0.39, 0.29) is 0 Å². The van der Waals surface area contributed by atoms with Crippen LogP contribution in [-0.2, 0) is 3.42 Å². The monoisotopic (exact) mass is 273 g/mol. The number of hydrogen-bond acceptors (Lipinski definition) is 1. The topological polar surface area (TPSA) is 12.0 Å². The first-order valence-corrected chi connectivity index (χ1v) is 5.30. The second kappa shape index (κ2) is 2.91. The first-order valence-electron chi connectivity index (χ1n) is 4.22. The number of alkyl halides is 1. The fourth-order valence-corrected chi connectivity index (χ4v) is 2.40. The lowest BCUT2D eigenvalue weighted by Gasteiger charge is -2.31. The fourth-order valence-electron chi connectivity index (χ4n) is 1.66. The molecule has 1 atom stereocenters. The lowest BCUT2D eigenvalue weighted by molar-refractivity contribution is 0.655. The van der Waals surface area contributed by atoms with Crippen LogP contribution in [0.25, 0.3) is 0 Å². The minimum atomic E-state index is 0.319. The molecule has 1 aliphatic rings. The van der Waals surface area contributed by atoms with Gasteiger partial charge < -0.3 is 5.32 Å². The van der Waals surface area contributed by atoms with Crippen molar-refractivity contribution < 1.29 is 0 Å². The molecule has 0 aliphatic carbocycles. The van der Waals surface area contributed by atoms with Crippen LogP contribution >= 0.6 is 22.6 Å². The highest BCUT2D eigenvalue weighted by atomic mass is 127. The van der Waals surface area contributed by atoms with E-state index in [1.807, 2.05) is 0 Å². The molecule has 64 valence electrons. The molecule has 1 aliphatic heterocycles. The highest BCUT2D eigenvalue weighted by Gasteiger charge is 2.28. The van der Waals surface area contributed by atoms with Gasteiger partial charge in [-0.1, -0.05) is 40.8 Å². The van der Waals surface area contributed by atoms with E-state index < -0.39 is 0 Å². The molecule has 0 spiro atoms. The van der Waals surface area contributed by atoms with E-state index >= 15 is 0 Å². The minimum Gasteiger partial charge on any atom is -0.385 e. The fraction of sp³-hybridized carbons (Fsp3) is 0.400. The van der Waals surface area contributed by atoms with Crippen molar-refractivity contribution in [3.63, 3.8) is 0 Å². The maximum absolute atomic E-state index is 3.41. The molecule has 2 rings (SSSR count). The molecule has 0 saturated heterocycles. The predicted octanol–water partition coefficient (Wildman–Crippen LogP) is 3.15. The summed E-state index contributed by atoms with van der Waals surface area (Å²) in [5.41, 5.74) is 2.75. The summed E-state index contributed by atoms with van der Waals surface area (Å²) in [5.74, 6) is 0. The van der Waals surface area contributed by atoms with Gasteiger partial charge in [0, 0.05) is 15.7 Å². The number of nitrogens with one attached hydrogen (secondary N) is 1. The lowest BCUT2D eigenvalue weighted by atomic mass is 9.93. The maximum Gasteiger partial charge on any atom is 0.0479 e. The summed E-state index contributed by atoms with van der Waals surface area (Å²) in [7, 11) is 0. The second-order valence-corrected chi connectivity index (χ2v) is 5.80. The molecule has 1 nitrogen and oxygen atoms in total. The molecule has 1 unspecified atom stereocenters. The number of halogens is 1. The summed E-state index contributed by atoms with van der Waals surface area (Å²) < 4.78 is 0.319. The summed E-state index contributed by atoms with van der Waals surface area (Å²) >= 11 is 2.54. The maximum atomic E-state index is 3.41. The van der Waals surface area contributed by atoms with Crippen molar-refractivity contribution in [2.45, 2.75) is 16.8 Å². The van der Waals surface area contributed by atoms with Crippen molar-refractivity contribution in [1.29, 1.82) is 0 Å². The standard InChI is InChI=1S/C10H12IN/c1-10(11)6-7-12-9-5-3-2-4-8(9)10/h2-5,12H,6-7H2,1H3. The van der Waals surface area contributed by atoms with Gasteiger partial charge in [-0.25, -0.2) is 0 Å². The van der Waals surface area contributed by atoms with Crippen molar-refractivity contribution in [1.82, 2.24) is 0 Å². The summed E-state index contributed by atoms with van der Waals surface area (Å²) in [4.78, 5) is 0. The normalized spacial score (nSPS) is 27.5. The van der Waals surface area contributed by atoms with E-state index in [0.717, 1.165) is 6.54 Å². The zero-order valence-corrected chi connectivity index (χ0v) is 9.26. The Kier molecular flexibility index (Phi) is 2.02. The van der Waals surface area contributed by atoms with Crippen LogP contribution in [0.1, 0.15) is 18.9 Å². The van der Waals surface area contributed by atoms with Crippen LogP contribution in [0, 0.1) is 0 Å². The van der Waals surface area contributed by atoms with Gasteiger partial charge in [-0.3, -0.25) is 0 Å². The lowest BCUT2D eigenvalue weighted by Crippen LogP contribution is -2.25. The number of fused-ring (bicyclic) bond motifs is 1. The van der Waals surface area contributed by atoms with E-state index in [9.17, 15) is 0 Å². The Balaban J connectivity index is 2.52. The van der Waals surface area contributed by atoms with Crippen molar-refractivity contribution >= 4 is 28.3 Å². The molecule has 12 heavy (non-hydrogen) atoms. The predicted molar refractivity (Wildman–Crippen MR) is 60.9 cm³/mol. The minimum absolute atomic E-state index is 0.319. The molecule has 2 heteroatoms. The number of rotatable bonds is 0. The molecule has 0 aromatic heterocycles. The Morgan fingerprint density at radius 2 is 2.17 bits per heavy atom. The van der Waals surface area contributed by atoms with Crippen LogP contribution < -0.4 is 5.32 Å². The van der Waals surface area contributed by atoms with E-state index in [2.05, 4.69) is 59.1 Å². The van der Waals surface area contributed by atoms with Gasteiger partial charge >= 0.3 is 0 Å². The van der Waals surface area contributed by atoms with Crippen LogP contribution in [0.5, 0.6) is 0 Å². The Labute approximate surface area is 86.7 Å². The molecular weight excluding hydrogens is 261 g/mol. The Bertz CT molecular complexity index is 294. The molecule has 0 radical (unpaired) electrons. The Morgan fingerprint density at radius 1 is 1.42 bits per heavy atom. The van der Waals surface area contributed by atoms with Crippen molar-refractivity contribution in [3.05, 3.63) is 29.8 Å². The third-order valence-electron chi connectivity index (χ3n) is 2.40. The van der Waals surface area contributed by atoms with E-state index in [4.69, 9.17) is 0 Å². The third-order valence-corrected chi connectivity index (χ3v) is 3.52. The molecule has 1 heterocycles. The van der Waals surface area contributed by atoms with E-state index in [0.29, 0.717) is 3.42 Å². The summed E-state index contributed by atoms with van der Waals surface area (Å²) in [5, 5.41) is 3.41. The van der Waals surface area contributed by atoms with Crippen LogP contribution in [-0.4, -0.2) is 6.54 Å². The zero-order chi connectivity index (χ0) is 8.60. The molecule has 1 N–H and O–H groups in total. The van der Waals surface area contributed by atoms with Crippen LogP contribution in [0.3, 0.4) is 0 Å². The summed E-state index contributed by atoms with van der Waals surface area (Å²) in [6.45, 7) is 3.39. The molecule has 0 amide bonds. The smallest absolute Gasteiger partial charge is 0.0479 e. The van der Waals surface area contributed by atoms with Gasteiger partial charge in [0.05, 0.1) is 0 Å². The average molecular weight is 273 g/mol. The van der Waals surface area contributed by atoms with E-state index in [1.54, 1.807) is 0 Å². The highest BCUT2D eigenvalue weighted by molar-refractivity contribution is 14.1. The number of hydrogen-bond donors (Lipinski definition) is 1. The Hall–Kier alpha value is -0.250. The van der Waals surface area contributed by atoms with Gasteiger partial charge in [0.2, 0.25) is 0 Å². The molecule has 0 fully saturated rings. The molecule has 1 aromatic rings. The molecule has 1 aromatic carbocycles. The third kappa shape index (κ3) is 1.32. The van der Waals surface area contributed by atoms with Crippen molar-refractivity contribution in [2.75, 3.05) is 11.9 Å². The zero-order valence-electron chi connectivity index (χ0n) is 7.10. The number of para-hydroxylation sites is 1. The highest BCUT2D eigenvalue weighted by Crippen LogP contribution is 2.41. The number of anilines is 1. The largest absolute Gasteiger partial charge is 0.385 e. The van der Waals surface area contributed by atoms with Gasteiger partial charge in [-0.2, -0.15) is 0 Å². The van der Waals surface area contributed by atoms with Crippen LogP contribution in [0.2, 0.25) is 0 Å². The van der Waals surface area contributed by atoms with E-state index in [1.165, 1.54) is 17.7 Å². The van der Waals surface area contributed by atoms with Gasteiger partial charge in [0.25, 0.3) is 0 Å². The van der Waals surface area contributed by atoms with Gasteiger partial charge in [0.15, 0.2) is 0 Å². The quantitative estimate of drug-likeness (QED) is 0.565. The van der Waals surface area contributed by atoms with Gasteiger partial charge in [0.1, 0.15) is 0 Å². The van der Waals surface area contributed by atoms with Crippen molar-refractivity contribution in [3.8, 4) is 0 Å². The summed E-state index contributed by atoms with van der Waals surface area (Å²) in [6.07, 6.45) is 1.21. The molecule has 0 saturated carbocycles. The average Bonchev–Trinajstić information content (AvgIpc) is 2.04. The first-order chi connectivity index (χ1) is 5.70. The Morgan fingerprint density at radius 3 is 2.92 bits per heavy atom. The number of benzene rings is 1. The SMILES string of the molecule is CC1(I)CCNc2ccccc21. The molecular formula is C10H12IN. The van der Waals surface area contributed by atoms with Crippen molar-refractivity contribution in [2.24, 2.45) is 0 Å². The van der Waals surface area contributed by atoms with Crippen LogP contribution in [0.15, 0.2) is 24.3 Å². The summed E-state index contributed by atoms with van der Waals surface area (Å²) in [6, 6.07) is 8.58. The van der Waals surface area contributed by atoms with Gasteiger partial charge in [-0.05, 0) is 25.0 Å². The molecule has 0 bridgehead atoms. The second-order valence-electron chi connectivity index (χ2n) is 3.42.